The van der Waals surface area contributed by atoms with Gasteiger partial charge in [-0.2, -0.15) is 5.26 Å². The summed E-state index contributed by atoms with van der Waals surface area (Å²) in [6, 6.07) is 9.40. The van der Waals surface area contributed by atoms with Crippen LogP contribution in [0.25, 0.3) is 0 Å². The minimum absolute atomic E-state index is 0.100. The highest BCUT2D eigenvalue weighted by Gasteiger charge is 2.48. The van der Waals surface area contributed by atoms with E-state index in [9.17, 15) is 33.7 Å². The molecule has 11 heteroatoms. The molecule has 1 saturated heterocycles. The number of allylic oxidation sites excluding steroid dienone is 1. The maximum Gasteiger partial charge on any atom is 0.475 e. The third-order valence-electron chi connectivity index (χ3n) is 4.93. The SMILES string of the molecule is CC(C)(C)/C=C(\C#N)C(=O)N1CC(F)(F)C[C@@H]1COC(=O)NC(Cc1ccccc1)B(O)O. The van der Waals surface area contributed by atoms with Gasteiger partial charge in [0.1, 0.15) is 18.2 Å². The van der Waals surface area contributed by atoms with Crippen molar-refractivity contribution in [3.63, 3.8) is 0 Å². The molecule has 178 valence electrons. The minimum Gasteiger partial charge on any atom is -0.447 e. The van der Waals surface area contributed by atoms with Crippen molar-refractivity contribution < 1.29 is 33.2 Å². The van der Waals surface area contributed by atoms with E-state index >= 15 is 0 Å². The second kappa shape index (κ2) is 10.8. The van der Waals surface area contributed by atoms with E-state index in [2.05, 4.69) is 5.32 Å². The Hall–Kier alpha value is -2.97. The molecule has 8 nitrogen and oxygen atoms in total. The topological polar surface area (TPSA) is 123 Å². The highest BCUT2D eigenvalue weighted by Crippen LogP contribution is 2.33. The molecule has 3 N–H and O–H groups in total. The smallest absolute Gasteiger partial charge is 0.447 e. The Morgan fingerprint density at radius 1 is 1.36 bits per heavy atom. The predicted octanol–water partition coefficient (Wildman–Crippen LogP) is 2.07. The van der Waals surface area contributed by atoms with Gasteiger partial charge in [0.25, 0.3) is 11.8 Å². The van der Waals surface area contributed by atoms with Gasteiger partial charge in [-0.15, -0.1) is 0 Å². The molecule has 33 heavy (non-hydrogen) atoms. The van der Waals surface area contributed by atoms with Crippen LogP contribution in [0.1, 0.15) is 32.8 Å². The van der Waals surface area contributed by atoms with E-state index in [4.69, 9.17) is 4.74 Å². The average Bonchev–Trinajstić information content (AvgIpc) is 3.04. The summed E-state index contributed by atoms with van der Waals surface area (Å²) >= 11 is 0. The zero-order chi connectivity index (χ0) is 24.8. The number of carbonyl (C=O) groups is 2. The second-order valence-corrected chi connectivity index (χ2v) is 9.14. The van der Waals surface area contributed by atoms with Crippen LogP contribution >= 0.6 is 0 Å². The summed E-state index contributed by atoms with van der Waals surface area (Å²) in [5.74, 6) is -5.14. The van der Waals surface area contributed by atoms with Crippen LogP contribution in [0.2, 0.25) is 0 Å². The normalized spacial score (nSPS) is 18.9. The van der Waals surface area contributed by atoms with E-state index in [1.54, 1.807) is 57.2 Å². The van der Waals surface area contributed by atoms with Crippen molar-refractivity contribution in [1.82, 2.24) is 10.2 Å². The number of likely N-dealkylation sites (tertiary alicyclic amines) is 1. The Kier molecular flexibility index (Phi) is 8.58. The summed E-state index contributed by atoms with van der Waals surface area (Å²) in [6.45, 7) is 3.87. The van der Waals surface area contributed by atoms with Crippen LogP contribution in [0, 0.1) is 16.7 Å². The van der Waals surface area contributed by atoms with Gasteiger partial charge in [-0.1, -0.05) is 57.2 Å². The van der Waals surface area contributed by atoms with Gasteiger partial charge in [-0.05, 0) is 17.4 Å². The van der Waals surface area contributed by atoms with Gasteiger partial charge in [0.05, 0.1) is 18.5 Å². The molecular weight excluding hydrogens is 435 g/mol. The second-order valence-electron chi connectivity index (χ2n) is 9.14. The van der Waals surface area contributed by atoms with Crippen LogP contribution in [0.3, 0.4) is 0 Å². The molecule has 1 aliphatic rings. The third-order valence-corrected chi connectivity index (χ3v) is 4.93. The molecule has 1 fully saturated rings. The maximum atomic E-state index is 14.1. The molecule has 2 atom stereocenters. The van der Waals surface area contributed by atoms with Crippen molar-refractivity contribution in [3.8, 4) is 6.07 Å². The number of halogens is 2. The first-order valence-electron chi connectivity index (χ1n) is 10.5. The number of alkyl halides is 2. The van der Waals surface area contributed by atoms with Gasteiger partial charge in [0.15, 0.2) is 0 Å². The number of carbonyl (C=O) groups excluding carboxylic acids is 2. The first-order valence-corrected chi connectivity index (χ1v) is 10.5. The summed E-state index contributed by atoms with van der Waals surface area (Å²) in [7, 11) is -1.88. The number of nitriles is 1. The molecule has 2 amide bonds. The van der Waals surface area contributed by atoms with E-state index in [1.807, 2.05) is 0 Å². The van der Waals surface area contributed by atoms with E-state index < -0.39 is 62.0 Å². The molecule has 0 saturated carbocycles. The van der Waals surface area contributed by atoms with Gasteiger partial charge >= 0.3 is 13.2 Å². The molecule has 1 unspecified atom stereocenters. The number of hydrogen-bond acceptors (Lipinski definition) is 6. The highest BCUT2D eigenvalue weighted by atomic mass is 19.3. The molecular formula is C22H28BF2N3O5. The first-order chi connectivity index (χ1) is 15.3. The lowest BCUT2D eigenvalue weighted by Crippen LogP contribution is -2.49. The van der Waals surface area contributed by atoms with Crippen LogP contribution in [-0.4, -0.2) is 65.1 Å². The lowest BCUT2D eigenvalue weighted by Gasteiger charge is -2.25. The Morgan fingerprint density at radius 2 is 2.00 bits per heavy atom. The quantitative estimate of drug-likeness (QED) is 0.323. The highest BCUT2D eigenvalue weighted by molar-refractivity contribution is 6.43. The monoisotopic (exact) mass is 463 g/mol. The molecule has 0 aliphatic carbocycles. The van der Waals surface area contributed by atoms with E-state index in [0.717, 1.165) is 10.5 Å². The number of nitrogens with zero attached hydrogens (tertiary/aromatic N) is 2. The summed E-state index contributed by atoms with van der Waals surface area (Å²) in [5, 5.41) is 30.8. The van der Waals surface area contributed by atoms with E-state index in [0.29, 0.717) is 0 Å². The predicted molar refractivity (Wildman–Crippen MR) is 117 cm³/mol. The Morgan fingerprint density at radius 3 is 2.55 bits per heavy atom. The van der Waals surface area contributed by atoms with Crippen LogP contribution < -0.4 is 5.32 Å². The van der Waals surface area contributed by atoms with Gasteiger partial charge < -0.3 is 25.0 Å². The van der Waals surface area contributed by atoms with E-state index in [1.165, 1.54) is 6.08 Å². The molecule has 1 heterocycles. The largest absolute Gasteiger partial charge is 0.475 e. The fourth-order valence-corrected chi connectivity index (χ4v) is 3.48. The van der Waals surface area contributed by atoms with Crippen LogP contribution in [0.5, 0.6) is 0 Å². The summed E-state index contributed by atoms with van der Waals surface area (Å²) in [6.07, 6.45) is -0.260. The van der Waals surface area contributed by atoms with Gasteiger partial charge in [-0.3, -0.25) is 4.79 Å². The standard InChI is InChI=1S/C22H28BF2N3O5/c1-21(2,3)10-16(12-26)19(29)28-14-22(24,25)11-17(28)13-33-20(30)27-18(23(31)32)9-15-7-5-4-6-8-15/h4-8,10,17-18,31-32H,9,11,13-14H2,1-3H3,(H,27,30)/b16-10+/t17-,18?/m1/s1. The van der Waals surface area contributed by atoms with Gasteiger partial charge in [0.2, 0.25) is 0 Å². The van der Waals surface area contributed by atoms with Crippen molar-refractivity contribution in [1.29, 1.82) is 5.26 Å². The number of rotatable bonds is 7. The molecule has 1 aliphatic heterocycles. The Balaban J connectivity index is 2.05. The maximum absolute atomic E-state index is 14.1. The molecule has 0 radical (unpaired) electrons. The summed E-state index contributed by atoms with van der Waals surface area (Å²) < 4.78 is 33.2. The Labute approximate surface area is 192 Å². The molecule has 2 rings (SSSR count). The number of amides is 2. The molecule has 0 bridgehead atoms. The third kappa shape index (κ3) is 8.15. The fraction of sp³-hybridized carbons (Fsp3) is 0.500. The lowest BCUT2D eigenvalue weighted by molar-refractivity contribution is -0.129. The molecule has 0 aromatic heterocycles. The number of nitrogens with one attached hydrogen (secondary N) is 1. The number of ether oxygens (including phenoxy) is 1. The molecule has 1 aromatic rings. The van der Waals surface area contributed by atoms with Crippen molar-refractivity contribution >= 4 is 19.1 Å². The number of benzene rings is 1. The number of alkyl carbamates (subject to hydrolysis) is 1. The Bertz CT molecular complexity index is 913. The summed E-state index contributed by atoms with van der Waals surface area (Å²) in [4.78, 5) is 25.8. The van der Waals surface area contributed by atoms with E-state index in [-0.39, 0.29) is 12.0 Å². The van der Waals surface area contributed by atoms with Crippen LogP contribution in [0.15, 0.2) is 42.0 Å². The average molecular weight is 463 g/mol. The zero-order valence-electron chi connectivity index (χ0n) is 18.8. The van der Waals surface area contributed by atoms with Crippen molar-refractivity contribution in [3.05, 3.63) is 47.5 Å². The van der Waals surface area contributed by atoms with Crippen molar-refractivity contribution in [2.75, 3.05) is 13.2 Å². The summed E-state index contributed by atoms with van der Waals surface area (Å²) in [5.41, 5.74) is -0.0490. The minimum atomic E-state index is -3.19. The van der Waals surface area contributed by atoms with Gasteiger partial charge in [-0.25, -0.2) is 13.6 Å². The fourth-order valence-electron chi connectivity index (χ4n) is 3.48. The first kappa shape index (κ1) is 26.3. The lowest BCUT2D eigenvalue weighted by atomic mass is 9.76. The zero-order valence-corrected chi connectivity index (χ0v) is 18.8. The van der Waals surface area contributed by atoms with Gasteiger partial charge in [0, 0.05) is 6.42 Å². The number of hydrogen-bond donors (Lipinski definition) is 3. The molecule has 0 spiro atoms. The van der Waals surface area contributed by atoms with Crippen LogP contribution in [-0.2, 0) is 16.0 Å². The van der Waals surface area contributed by atoms with Crippen LogP contribution in [0.4, 0.5) is 13.6 Å². The molecule has 1 aromatic carbocycles. The van der Waals surface area contributed by atoms with Crippen molar-refractivity contribution in [2.45, 2.75) is 51.5 Å². The van der Waals surface area contributed by atoms with Crippen molar-refractivity contribution in [2.24, 2.45) is 5.41 Å².